The van der Waals surface area contributed by atoms with Gasteiger partial charge in [0.25, 0.3) is 0 Å². The largest absolute Gasteiger partial charge is 0.434 e. The van der Waals surface area contributed by atoms with Crippen molar-refractivity contribution in [3.63, 3.8) is 0 Å². The third kappa shape index (κ3) is 3.42. The van der Waals surface area contributed by atoms with Crippen LogP contribution in [0.3, 0.4) is 0 Å². The number of amides is 1. The second-order valence-corrected chi connectivity index (χ2v) is 3.18. The molecular weight excluding hydrogens is 172 g/mol. The molecule has 0 aliphatic carbocycles. The summed E-state index contributed by atoms with van der Waals surface area (Å²) < 4.78 is 4.63. The lowest BCUT2D eigenvalue weighted by Gasteiger charge is -2.28. The minimum atomic E-state index is -0.752. The maximum absolute atomic E-state index is 10.4. The van der Waals surface area contributed by atoms with Gasteiger partial charge >= 0.3 is 6.09 Å². The summed E-state index contributed by atoms with van der Waals surface area (Å²) in [5.41, 5.74) is 4.82. The Bertz CT molecular complexity index is 188. The van der Waals surface area contributed by atoms with Gasteiger partial charge in [0, 0.05) is 19.0 Å². The minimum Gasteiger partial charge on any atom is -0.434 e. The van der Waals surface area contributed by atoms with E-state index in [4.69, 9.17) is 5.73 Å². The quantitative estimate of drug-likeness (QED) is 0.627. The maximum atomic E-state index is 10.4. The fraction of sp³-hybridized carbons (Fsp3) is 0.750. The van der Waals surface area contributed by atoms with Crippen LogP contribution in [0.4, 0.5) is 4.79 Å². The van der Waals surface area contributed by atoms with Gasteiger partial charge in [-0.05, 0) is 12.8 Å². The number of primary amides is 1. The molecule has 1 amide bonds. The third-order valence-electron chi connectivity index (χ3n) is 2.21. The molecule has 5 heteroatoms. The number of carbonyl (C=O) groups is 2. The molecule has 2 N–H and O–H groups in total. The van der Waals surface area contributed by atoms with Crippen LogP contribution in [0.5, 0.6) is 0 Å². The van der Waals surface area contributed by atoms with E-state index in [0.29, 0.717) is 0 Å². The molecule has 0 bridgehead atoms. The van der Waals surface area contributed by atoms with E-state index in [0.717, 1.165) is 32.2 Å². The topological polar surface area (TPSA) is 72.6 Å². The molecule has 0 spiro atoms. The zero-order valence-electron chi connectivity index (χ0n) is 7.44. The van der Waals surface area contributed by atoms with Crippen molar-refractivity contribution in [1.82, 2.24) is 4.90 Å². The Morgan fingerprint density at radius 3 is 2.62 bits per heavy atom. The molecule has 1 heterocycles. The number of nitrogens with zero attached hydrogens (tertiary/aromatic N) is 1. The molecule has 0 saturated carbocycles. The highest BCUT2D eigenvalue weighted by molar-refractivity contribution is 5.64. The van der Waals surface area contributed by atoms with E-state index >= 15 is 0 Å². The number of ether oxygens (including phenoxy) is 1. The number of rotatable bonds is 3. The van der Waals surface area contributed by atoms with Gasteiger partial charge in [0.15, 0.2) is 0 Å². The van der Waals surface area contributed by atoms with E-state index in [1.807, 2.05) is 4.90 Å². The average Bonchev–Trinajstić information content (AvgIpc) is 2.15. The van der Waals surface area contributed by atoms with E-state index in [1.54, 1.807) is 0 Å². The second kappa shape index (κ2) is 4.81. The third-order valence-corrected chi connectivity index (χ3v) is 2.21. The summed E-state index contributed by atoms with van der Waals surface area (Å²) in [6.07, 6.45) is 1.92. The van der Waals surface area contributed by atoms with Gasteiger partial charge in [-0.1, -0.05) is 0 Å². The molecule has 0 aromatic rings. The summed E-state index contributed by atoms with van der Waals surface area (Å²) in [7, 11) is 0. The number of piperidine rings is 1. The summed E-state index contributed by atoms with van der Waals surface area (Å²) in [4.78, 5) is 22.7. The first kappa shape index (κ1) is 9.98. The maximum Gasteiger partial charge on any atom is 0.405 e. The molecule has 1 aliphatic rings. The van der Waals surface area contributed by atoms with Crippen LogP contribution in [0.2, 0.25) is 0 Å². The van der Waals surface area contributed by atoms with E-state index in [2.05, 4.69) is 4.74 Å². The molecule has 0 aromatic carbocycles. The van der Waals surface area contributed by atoms with Gasteiger partial charge in [-0.15, -0.1) is 0 Å². The smallest absolute Gasteiger partial charge is 0.405 e. The Kier molecular flexibility index (Phi) is 3.70. The number of likely N-dealkylation sites (tertiary alicyclic amines) is 1. The highest BCUT2D eigenvalue weighted by Crippen LogP contribution is 2.14. The predicted molar refractivity (Wildman–Crippen MR) is 45.9 cm³/mol. The van der Waals surface area contributed by atoms with Crippen LogP contribution in [-0.2, 0) is 9.53 Å². The van der Waals surface area contributed by atoms with Crippen molar-refractivity contribution in [2.45, 2.75) is 12.8 Å². The fourth-order valence-electron chi connectivity index (χ4n) is 1.37. The van der Waals surface area contributed by atoms with E-state index < -0.39 is 6.09 Å². The fourth-order valence-corrected chi connectivity index (χ4v) is 1.37. The van der Waals surface area contributed by atoms with Crippen LogP contribution in [0.25, 0.3) is 0 Å². The van der Waals surface area contributed by atoms with Crippen molar-refractivity contribution in [3.8, 4) is 0 Å². The summed E-state index contributed by atoms with van der Waals surface area (Å²) >= 11 is 0. The molecule has 74 valence electrons. The van der Waals surface area contributed by atoms with Gasteiger partial charge in [0.05, 0.1) is 0 Å². The first-order valence-corrected chi connectivity index (χ1v) is 4.32. The van der Waals surface area contributed by atoms with Crippen molar-refractivity contribution in [1.29, 1.82) is 0 Å². The molecular formula is C8H14N2O3. The van der Waals surface area contributed by atoms with Crippen LogP contribution < -0.4 is 5.73 Å². The van der Waals surface area contributed by atoms with Crippen LogP contribution in [0, 0.1) is 5.92 Å². The van der Waals surface area contributed by atoms with E-state index in [1.165, 1.54) is 0 Å². The van der Waals surface area contributed by atoms with Crippen molar-refractivity contribution in [2.24, 2.45) is 11.7 Å². The van der Waals surface area contributed by atoms with Gasteiger partial charge in [-0.25, -0.2) is 4.79 Å². The van der Waals surface area contributed by atoms with Crippen LogP contribution in [0.15, 0.2) is 0 Å². The normalized spacial score (nSPS) is 19.7. The minimum absolute atomic E-state index is 0.171. The Hall–Kier alpha value is -1.10. The van der Waals surface area contributed by atoms with Crippen molar-refractivity contribution in [2.75, 3.05) is 19.8 Å². The van der Waals surface area contributed by atoms with Gasteiger partial charge in [-0.2, -0.15) is 0 Å². The molecule has 1 aliphatic heterocycles. The molecule has 0 aromatic heterocycles. The molecule has 5 nitrogen and oxygen atoms in total. The Labute approximate surface area is 76.8 Å². The zero-order chi connectivity index (χ0) is 9.68. The predicted octanol–water partition coefficient (Wildman–Crippen LogP) is -0.0499. The lowest BCUT2D eigenvalue weighted by Crippen LogP contribution is -2.37. The number of hydrogen-bond acceptors (Lipinski definition) is 4. The molecule has 0 atom stereocenters. The van der Waals surface area contributed by atoms with Gasteiger partial charge in [-0.3, -0.25) is 4.90 Å². The van der Waals surface area contributed by atoms with Crippen molar-refractivity contribution >= 4 is 12.4 Å². The first-order chi connectivity index (χ1) is 6.22. The molecule has 1 fully saturated rings. The Morgan fingerprint density at radius 2 is 2.15 bits per heavy atom. The van der Waals surface area contributed by atoms with Crippen molar-refractivity contribution < 1.29 is 14.3 Å². The average molecular weight is 186 g/mol. The van der Waals surface area contributed by atoms with Gasteiger partial charge in [0.2, 0.25) is 0 Å². The Morgan fingerprint density at radius 1 is 1.54 bits per heavy atom. The number of aldehydes is 1. The Balaban J connectivity index is 2.17. The summed E-state index contributed by atoms with van der Waals surface area (Å²) in [5, 5.41) is 0. The van der Waals surface area contributed by atoms with E-state index in [-0.39, 0.29) is 12.6 Å². The van der Waals surface area contributed by atoms with Crippen molar-refractivity contribution in [3.05, 3.63) is 0 Å². The number of hydrogen-bond donors (Lipinski definition) is 1. The van der Waals surface area contributed by atoms with Crippen LogP contribution in [-0.4, -0.2) is 37.1 Å². The molecule has 13 heavy (non-hydrogen) atoms. The van der Waals surface area contributed by atoms with Gasteiger partial charge < -0.3 is 15.3 Å². The first-order valence-electron chi connectivity index (χ1n) is 4.32. The second-order valence-electron chi connectivity index (χ2n) is 3.18. The lowest BCUT2D eigenvalue weighted by atomic mass is 9.99. The SMILES string of the molecule is NC(=O)OCN1CCC(C=O)CC1. The summed E-state index contributed by atoms with van der Waals surface area (Å²) in [6, 6.07) is 0. The van der Waals surface area contributed by atoms with E-state index in [9.17, 15) is 9.59 Å². The highest BCUT2D eigenvalue weighted by Gasteiger charge is 2.18. The number of carbonyl (C=O) groups excluding carboxylic acids is 2. The standard InChI is InChI=1S/C8H14N2O3/c9-8(12)13-6-10-3-1-7(5-11)2-4-10/h5,7H,1-4,6H2,(H2,9,12). The summed E-state index contributed by atoms with van der Waals surface area (Å²) in [6.45, 7) is 1.81. The molecule has 0 radical (unpaired) electrons. The lowest BCUT2D eigenvalue weighted by molar-refractivity contribution is -0.112. The number of nitrogens with two attached hydrogens (primary N) is 1. The zero-order valence-corrected chi connectivity index (χ0v) is 7.44. The van der Waals surface area contributed by atoms with Crippen LogP contribution in [0.1, 0.15) is 12.8 Å². The summed E-state index contributed by atoms with van der Waals surface area (Å²) in [5.74, 6) is 0.171. The van der Waals surface area contributed by atoms with Crippen LogP contribution >= 0.6 is 0 Å². The molecule has 1 saturated heterocycles. The molecule has 0 unspecified atom stereocenters. The van der Waals surface area contributed by atoms with Gasteiger partial charge in [0.1, 0.15) is 13.0 Å². The molecule has 1 rings (SSSR count). The highest BCUT2D eigenvalue weighted by atomic mass is 16.6. The monoisotopic (exact) mass is 186 g/mol.